The van der Waals surface area contributed by atoms with Crippen molar-refractivity contribution in [1.29, 1.82) is 0 Å². The number of carbonyl (C=O) groups is 2. The second-order valence-corrected chi connectivity index (χ2v) is 7.29. The minimum absolute atomic E-state index is 0.0178. The smallest absolute Gasteiger partial charge is 0.342 e. The molecule has 0 atom stereocenters. The lowest BCUT2D eigenvalue weighted by atomic mass is 10.1. The molecule has 2 aromatic carbocycles. The highest BCUT2D eigenvalue weighted by Gasteiger charge is 2.24. The van der Waals surface area contributed by atoms with E-state index in [9.17, 15) is 24.1 Å². The maximum absolute atomic E-state index is 13.4. The normalized spacial score (nSPS) is 13.2. The standard InChI is InChI=1S/C22H19FN4O5/c23-17-8-7-15(12-19(17)27(30)31)24-20(28)13-32-22(29)16-11-14-5-1-2-6-18(14)25-21(16)26-9-3-4-10-26/h1-2,5-8,11-12H,3-4,9-10,13H2,(H,24,28). The number of nitro benzene ring substituents is 1. The average molecular weight is 438 g/mol. The number of nitrogens with one attached hydrogen (secondary N) is 1. The van der Waals surface area contributed by atoms with E-state index in [4.69, 9.17) is 4.74 Å². The van der Waals surface area contributed by atoms with E-state index in [-0.39, 0.29) is 11.3 Å². The first-order chi connectivity index (χ1) is 15.4. The molecule has 0 saturated carbocycles. The molecular formula is C22H19FN4O5. The number of hydrogen-bond acceptors (Lipinski definition) is 7. The summed E-state index contributed by atoms with van der Waals surface area (Å²) in [6.07, 6.45) is 1.99. The molecule has 1 aromatic heterocycles. The number of aromatic nitrogens is 1. The summed E-state index contributed by atoms with van der Waals surface area (Å²) in [6, 6.07) is 12.0. The van der Waals surface area contributed by atoms with E-state index in [1.165, 1.54) is 6.07 Å². The number of fused-ring (bicyclic) bond motifs is 1. The van der Waals surface area contributed by atoms with Crippen LogP contribution < -0.4 is 10.2 Å². The van der Waals surface area contributed by atoms with Crippen LogP contribution in [0.3, 0.4) is 0 Å². The van der Waals surface area contributed by atoms with Crippen LogP contribution >= 0.6 is 0 Å². The molecule has 0 radical (unpaired) electrons. The fraction of sp³-hybridized carbons (Fsp3) is 0.227. The number of carbonyl (C=O) groups excluding carboxylic acids is 2. The molecule has 164 valence electrons. The predicted octanol–water partition coefficient (Wildman–Crippen LogP) is 3.68. The van der Waals surface area contributed by atoms with E-state index < -0.39 is 34.9 Å². The van der Waals surface area contributed by atoms with Crippen molar-refractivity contribution < 1.29 is 23.6 Å². The first-order valence-corrected chi connectivity index (χ1v) is 9.98. The fourth-order valence-corrected chi connectivity index (χ4v) is 3.56. The van der Waals surface area contributed by atoms with E-state index in [0.717, 1.165) is 49.0 Å². The van der Waals surface area contributed by atoms with Crippen LogP contribution in [0.1, 0.15) is 23.2 Å². The van der Waals surface area contributed by atoms with E-state index in [0.29, 0.717) is 5.82 Å². The van der Waals surface area contributed by atoms with Gasteiger partial charge in [-0.3, -0.25) is 14.9 Å². The Morgan fingerprint density at radius 3 is 2.66 bits per heavy atom. The molecule has 3 aromatic rings. The molecule has 10 heteroatoms. The quantitative estimate of drug-likeness (QED) is 0.355. The molecule has 1 N–H and O–H groups in total. The number of esters is 1. The number of para-hydroxylation sites is 1. The van der Waals surface area contributed by atoms with Crippen molar-refractivity contribution in [1.82, 2.24) is 4.98 Å². The predicted molar refractivity (Wildman–Crippen MR) is 115 cm³/mol. The van der Waals surface area contributed by atoms with Crippen molar-refractivity contribution in [2.75, 3.05) is 29.9 Å². The molecule has 0 aliphatic carbocycles. The lowest BCUT2D eigenvalue weighted by molar-refractivity contribution is -0.387. The highest BCUT2D eigenvalue weighted by molar-refractivity contribution is 6.01. The third kappa shape index (κ3) is 4.48. The van der Waals surface area contributed by atoms with Crippen LogP contribution in [0.15, 0.2) is 48.5 Å². The molecular weight excluding hydrogens is 419 g/mol. The van der Waals surface area contributed by atoms with Gasteiger partial charge in [0.1, 0.15) is 11.4 Å². The van der Waals surface area contributed by atoms with E-state index >= 15 is 0 Å². The highest BCUT2D eigenvalue weighted by atomic mass is 19.1. The van der Waals surface area contributed by atoms with Gasteiger partial charge in [-0.15, -0.1) is 0 Å². The summed E-state index contributed by atoms with van der Waals surface area (Å²) >= 11 is 0. The van der Waals surface area contributed by atoms with Gasteiger partial charge < -0.3 is 15.0 Å². The fourth-order valence-electron chi connectivity index (χ4n) is 3.56. The first-order valence-electron chi connectivity index (χ1n) is 9.98. The van der Waals surface area contributed by atoms with Gasteiger partial charge in [0.05, 0.1) is 10.4 Å². The van der Waals surface area contributed by atoms with Gasteiger partial charge in [0.15, 0.2) is 6.61 Å². The van der Waals surface area contributed by atoms with Gasteiger partial charge in [-0.2, -0.15) is 4.39 Å². The second-order valence-electron chi connectivity index (χ2n) is 7.29. The minimum Gasteiger partial charge on any atom is -0.452 e. The Morgan fingerprint density at radius 2 is 1.91 bits per heavy atom. The number of ether oxygens (including phenoxy) is 1. The molecule has 4 rings (SSSR count). The maximum Gasteiger partial charge on any atom is 0.342 e. The molecule has 1 amide bonds. The number of nitro groups is 1. The second kappa shape index (κ2) is 8.96. The number of pyridine rings is 1. The summed E-state index contributed by atoms with van der Waals surface area (Å²) in [5.74, 6) is -1.92. The summed E-state index contributed by atoms with van der Waals surface area (Å²) in [5, 5.41) is 14.0. The van der Waals surface area contributed by atoms with Crippen LogP contribution in [0.25, 0.3) is 10.9 Å². The van der Waals surface area contributed by atoms with Gasteiger partial charge in [-0.05, 0) is 37.1 Å². The average Bonchev–Trinajstić information content (AvgIpc) is 3.32. The molecule has 1 aliphatic rings. The van der Waals surface area contributed by atoms with E-state index in [2.05, 4.69) is 10.3 Å². The van der Waals surface area contributed by atoms with Crippen molar-refractivity contribution in [2.45, 2.75) is 12.8 Å². The zero-order chi connectivity index (χ0) is 22.7. The summed E-state index contributed by atoms with van der Waals surface area (Å²) in [4.78, 5) is 41.6. The Balaban J connectivity index is 1.49. The molecule has 1 fully saturated rings. The Hall–Kier alpha value is -4.08. The lowest BCUT2D eigenvalue weighted by Gasteiger charge is -2.20. The molecule has 0 bridgehead atoms. The Bertz CT molecular complexity index is 1210. The van der Waals surface area contributed by atoms with Crippen LogP contribution in [0.2, 0.25) is 0 Å². The van der Waals surface area contributed by atoms with Gasteiger partial charge in [0.2, 0.25) is 5.82 Å². The number of rotatable bonds is 6. The van der Waals surface area contributed by atoms with Crippen molar-refractivity contribution >= 4 is 40.0 Å². The Labute approximate surface area is 182 Å². The van der Waals surface area contributed by atoms with Crippen LogP contribution in [0.4, 0.5) is 21.6 Å². The molecule has 9 nitrogen and oxygen atoms in total. The number of amides is 1. The van der Waals surface area contributed by atoms with Crippen molar-refractivity contribution in [3.63, 3.8) is 0 Å². The molecule has 0 unspecified atom stereocenters. The van der Waals surface area contributed by atoms with Gasteiger partial charge in [-0.1, -0.05) is 18.2 Å². The van der Waals surface area contributed by atoms with Gasteiger partial charge >= 0.3 is 11.7 Å². The van der Waals surface area contributed by atoms with E-state index in [1.807, 2.05) is 29.2 Å². The zero-order valence-electron chi connectivity index (χ0n) is 16.9. The Morgan fingerprint density at radius 1 is 1.16 bits per heavy atom. The molecule has 1 saturated heterocycles. The number of anilines is 2. The molecule has 2 heterocycles. The Kier molecular flexibility index (Phi) is 5.93. The number of nitrogens with zero attached hydrogens (tertiary/aromatic N) is 3. The van der Waals surface area contributed by atoms with Crippen molar-refractivity contribution in [3.05, 3.63) is 70.0 Å². The molecule has 1 aliphatic heterocycles. The topological polar surface area (TPSA) is 115 Å². The van der Waals surface area contributed by atoms with Gasteiger partial charge in [0.25, 0.3) is 5.91 Å². The monoisotopic (exact) mass is 438 g/mol. The molecule has 32 heavy (non-hydrogen) atoms. The molecule has 0 spiro atoms. The van der Waals surface area contributed by atoms with Gasteiger partial charge in [-0.25, -0.2) is 9.78 Å². The third-order valence-corrected chi connectivity index (χ3v) is 5.09. The van der Waals surface area contributed by atoms with Crippen molar-refractivity contribution in [3.8, 4) is 0 Å². The maximum atomic E-state index is 13.4. The SMILES string of the molecule is O=C(COC(=O)c1cc2ccccc2nc1N1CCCC1)Nc1ccc(F)c([N+](=O)[O-])c1. The highest BCUT2D eigenvalue weighted by Crippen LogP contribution is 2.27. The van der Waals surface area contributed by atoms with Crippen LogP contribution in [-0.2, 0) is 9.53 Å². The number of hydrogen-bond donors (Lipinski definition) is 1. The summed E-state index contributed by atoms with van der Waals surface area (Å²) in [6.45, 7) is 0.932. The van der Waals surface area contributed by atoms with Crippen LogP contribution in [-0.4, -0.2) is 41.5 Å². The largest absolute Gasteiger partial charge is 0.452 e. The minimum atomic E-state index is -1.02. The number of halogens is 1. The number of benzene rings is 2. The van der Waals surface area contributed by atoms with Crippen molar-refractivity contribution in [2.24, 2.45) is 0 Å². The lowest BCUT2D eigenvalue weighted by Crippen LogP contribution is -2.25. The van der Waals surface area contributed by atoms with Crippen LogP contribution in [0, 0.1) is 15.9 Å². The summed E-state index contributed by atoms with van der Waals surface area (Å²) < 4.78 is 18.6. The van der Waals surface area contributed by atoms with E-state index in [1.54, 1.807) is 6.07 Å². The van der Waals surface area contributed by atoms with Gasteiger partial charge in [0, 0.05) is 30.2 Å². The first kappa shape index (κ1) is 21.2. The summed E-state index contributed by atoms with van der Waals surface area (Å²) in [5.41, 5.74) is 0.263. The third-order valence-electron chi connectivity index (χ3n) is 5.09. The zero-order valence-corrected chi connectivity index (χ0v) is 16.9. The summed E-state index contributed by atoms with van der Waals surface area (Å²) in [7, 11) is 0. The van der Waals surface area contributed by atoms with Crippen LogP contribution in [0.5, 0.6) is 0 Å².